The van der Waals surface area contributed by atoms with E-state index in [1.165, 1.54) is 11.1 Å². The van der Waals surface area contributed by atoms with Gasteiger partial charge in [-0.15, -0.1) is 11.8 Å². The Morgan fingerprint density at radius 3 is 2.49 bits per heavy atom. The lowest BCUT2D eigenvalue weighted by Crippen LogP contribution is -2.46. The van der Waals surface area contributed by atoms with Crippen LogP contribution in [-0.4, -0.2) is 59.5 Å². The van der Waals surface area contributed by atoms with Crippen molar-refractivity contribution in [2.45, 2.75) is 18.4 Å². The highest BCUT2D eigenvalue weighted by molar-refractivity contribution is 7.99. The van der Waals surface area contributed by atoms with Crippen molar-refractivity contribution in [3.63, 3.8) is 0 Å². The zero-order valence-electron chi connectivity index (χ0n) is 19.6. The van der Waals surface area contributed by atoms with Gasteiger partial charge in [-0.1, -0.05) is 54.6 Å². The van der Waals surface area contributed by atoms with Crippen LogP contribution < -0.4 is 9.47 Å². The summed E-state index contributed by atoms with van der Waals surface area (Å²) in [6, 6.07) is 24.3. The number of piperazine rings is 1. The minimum Gasteiger partial charge on any atom is -0.489 e. The van der Waals surface area contributed by atoms with E-state index in [9.17, 15) is 4.79 Å². The predicted molar refractivity (Wildman–Crippen MR) is 138 cm³/mol. The molecule has 0 aromatic heterocycles. The van der Waals surface area contributed by atoms with Crippen molar-refractivity contribution in [2.24, 2.45) is 0 Å². The Morgan fingerprint density at radius 2 is 1.69 bits per heavy atom. The number of thioether (sulfide) groups is 1. The quantitative estimate of drug-likeness (QED) is 0.357. The number of benzene rings is 3. The van der Waals surface area contributed by atoms with Crippen molar-refractivity contribution in [3.05, 3.63) is 95.1 Å². The Kier molecular flexibility index (Phi) is 7.57. The first-order valence-corrected chi connectivity index (χ1v) is 13.1. The van der Waals surface area contributed by atoms with Crippen LogP contribution in [0.3, 0.4) is 0 Å². The van der Waals surface area contributed by atoms with Crippen molar-refractivity contribution in [3.8, 4) is 11.5 Å². The van der Waals surface area contributed by atoms with Gasteiger partial charge in [0.1, 0.15) is 18.1 Å². The van der Waals surface area contributed by atoms with Crippen LogP contribution in [0.4, 0.5) is 4.79 Å². The molecule has 6 nitrogen and oxygen atoms in total. The summed E-state index contributed by atoms with van der Waals surface area (Å²) in [5.74, 6) is 2.08. The first-order valence-electron chi connectivity index (χ1n) is 12.0. The van der Waals surface area contributed by atoms with Crippen molar-refractivity contribution in [2.75, 3.05) is 38.5 Å². The van der Waals surface area contributed by atoms with Crippen molar-refractivity contribution in [1.29, 1.82) is 0 Å². The summed E-state index contributed by atoms with van der Waals surface area (Å²) in [6.07, 6.45) is -1.31. The number of nitrogens with zero attached hydrogens (tertiary/aromatic N) is 2. The lowest BCUT2D eigenvalue weighted by Gasteiger charge is -2.35. The molecule has 7 heteroatoms. The Hall–Kier alpha value is -3.00. The zero-order chi connectivity index (χ0) is 24.0. The fourth-order valence-corrected chi connectivity index (χ4v) is 6.14. The fourth-order valence-electron chi connectivity index (χ4n) is 4.76. The van der Waals surface area contributed by atoms with Crippen LogP contribution in [0.1, 0.15) is 27.5 Å². The largest absolute Gasteiger partial charge is 0.511 e. The van der Waals surface area contributed by atoms with Crippen LogP contribution >= 0.6 is 11.8 Å². The van der Waals surface area contributed by atoms with Gasteiger partial charge in [-0.3, -0.25) is 9.80 Å². The van der Waals surface area contributed by atoms with Gasteiger partial charge in [-0.2, -0.15) is 0 Å². The van der Waals surface area contributed by atoms with E-state index in [-0.39, 0.29) is 5.25 Å². The molecule has 1 atom stereocenters. The van der Waals surface area contributed by atoms with Crippen molar-refractivity contribution >= 4 is 17.9 Å². The lowest BCUT2D eigenvalue weighted by atomic mass is 10.00. The molecule has 3 aromatic carbocycles. The van der Waals surface area contributed by atoms with E-state index in [0.717, 1.165) is 61.9 Å². The summed E-state index contributed by atoms with van der Waals surface area (Å²) in [4.78, 5) is 16.2. The van der Waals surface area contributed by atoms with E-state index in [1.54, 1.807) is 6.07 Å². The highest BCUT2D eigenvalue weighted by Gasteiger charge is 2.26. The number of hydrogen-bond donors (Lipinski definition) is 1. The van der Waals surface area contributed by atoms with Crippen LogP contribution in [0.5, 0.6) is 11.5 Å². The molecule has 2 aliphatic heterocycles. The third-order valence-electron chi connectivity index (χ3n) is 6.60. The summed E-state index contributed by atoms with van der Waals surface area (Å²) in [5.41, 5.74) is 4.72. The van der Waals surface area contributed by atoms with Gasteiger partial charge in [-0.25, -0.2) is 4.79 Å². The van der Waals surface area contributed by atoms with Gasteiger partial charge in [0.2, 0.25) is 0 Å². The van der Waals surface area contributed by atoms with E-state index >= 15 is 0 Å². The number of hydrogen-bond acceptors (Lipinski definition) is 6. The Bertz CT molecular complexity index is 1150. The second-order valence-corrected chi connectivity index (χ2v) is 10.1. The molecule has 2 aliphatic rings. The minimum absolute atomic E-state index is 0.0559. The fraction of sp³-hybridized carbons (Fsp3) is 0.321. The highest BCUT2D eigenvalue weighted by atomic mass is 32.2. The standard InChI is InChI=1S/C28H30N2O4S/c31-28(32)34-23-10-11-26-25(18-23)27(24-9-5-4-8-22(24)20-33-26)35-17-16-29-12-14-30(15-13-29)19-21-6-2-1-3-7-21/h1-11,18,27H,12-17,19-20H2,(H,31,32). The van der Waals surface area contributed by atoms with Gasteiger partial charge >= 0.3 is 6.16 Å². The van der Waals surface area contributed by atoms with E-state index in [0.29, 0.717) is 12.4 Å². The van der Waals surface area contributed by atoms with E-state index in [4.69, 9.17) is 14.6 Å². The SMILES string of the molecule is O=C(O)Oc1ccc2c(c1)C(SCCN1CCN(Cc3ccccc3)CC1)c1ccccc1CO2. The molecule has 0 aliphatic carbocycles. The number of rotatable bonds is 7. The molecule has 0 amide bonds. The molecule has 1 unspecified atom stereocenters. The van der Waals surface area contributed by atoms with Crippen molar-refractivity contribution < 1.29 is 19.4 Å². The maximum atomic E-state index is 11.1. The molecule has 5 rings (SSSR count). The Balaban J connectivity index is 1.23. The highest BCUT2D eigenvalue weighted by Crippen LogP contribution is 2.45. The molecule has 35 heavy (non-hydrogen) atoms. The lowest BCUT2D eigenvalue weighted by molar-refractivity contribution is 0.133. The molecule has 1 fully saturated rings. The second-order valence-electron chi connectivity index (χ2n) is 8.91. The molecule has 3 aromatic rings. The third-order valence-corrected chi connectivity index (χ3v) is 7.86. The molecular formula is C28H30N2O4S. The summed E-state index contributed by atoms with van der Waals surface area (Å²) in [6.45, 7) is 6.85. The molecule has 182 valence electrons. The smallest absolute Gasteiger partial charge is 0.489 e. The van der Waals surface area contributed by atoms with Crippen LogP contribution in [0.2, 0.25) is 0 Å². The van der Waals surface area contributed by atoms with E-state index in [1.807, 2.05) is 30.0 Å². The number of fused-ring (bicyclic) bond motifs is 2. The summed E-state index contributed by atoms with van der Waals surface area (Å²) in [5, 5.41) is 9.13. The molecule has 0 radical (unpaired) electrons. The molecule has 0 saturated carbocycles. The Labute approximate surface area is 210 Å². The van der Waals surface area contributed by atoms with E-state index in [2.05, 4.69) is 58.3 Å². The normalized spacial score (nSPS) is 18.1. The second kappa shape index (κ2) is 11.2. The maximum absolute atomic E-state index is 11.1. The predicted octanol–water partition coefficient (Wildman–Crippen LogP) is 5.28. The van der Waals surface area contributed by atoms with Gasteiger partial charge in [0.25, 0.3) is 0 Å². The summed E-state index contributed by atoms with van der Waals surface area (Å²) >= 11 is 1.88. The van der Waals surface area contributed by atoms with Crippen molar-refractivity contribution in [1.82, 2.24) is 9.80 Å². The number of ether oxygens (including phenoxy) is 2. The van der Waals surface area contributed by atoms with Crippen LogP contribution in [0.25, 0.3) is 0 Å². The molecule has 1 N–H and O–H groups in total. The molecule has 0 spiro atoms. The summed E-state index contributed by atoms with van der Waals surface area (Å²) < 4.78 is 11.0. The minimum atomic E-state index is -1.31. The number of carbonyl (C=O) groups is 1. The van der Waals surface area contributed by atoms with Crippen LogP contribution in [-0.2, 0) is 13.2 Å². The Morgan fingerprint density at radius 1 is 0.943 bits per heavy atom. The molecular weight excluding hydrogens is 460 g/mol. The van der Waals surface area contributed by atoms with Gasteiger partial charge in [0.15, 0.2) is 0 Å². The average molecular weight is 491 g/mol. The van der Waals surface area contributed by atoms with Gasteiger partial charge in [0, 0.05) is 50.6 Å². The zero-order valence-corrected chi connectivity index (χ0v) is 20.5. The third kappa shape index (κ3) is 5.99. The maximum Gasteiger partial charge on any atom is 0.511 e. The molecule has 2 heterocycles. The molecule has 1 saturated heterocycles. The number of carboxylic acid groups (broad SMARTS) is 1. The van der Waals surface area contributed by atoms with Crippen LogP contribution in [0.15, 0.2) is 72.8 Å². The van der Waals surface area contributed by atoms with Gasteiger partial charge < -0.3 is 14.6 Å². The first kappa shape index (κ1) is 23.7. The first-order chi connectivity index (χ1) is 17.2. The van der Waals surface area contributed by atoms with Crippen LogP contribution in [0, 0.1) is 0 Å². The van der Waals surface area contributed by atoms with Gasteiger partial charge in [-0.05, 0) is 34.9 Å². The monoisotopic (exact) mass is 490 g/mol. The molecule has 0 bridgehead atoms. The average Bonchev–Trinajstić information content (AvgIpc) is 3.02. The topological polar surface area (TPSA) is 62.2 Å². The van der Waals surface area contributed by atoms with Gasteiger partial charge in [0.05, 0.1) is 5.25 Å². The van der Waals surface area contributed by atoms with E-state index < -0.39 is 6.16 Å². The summed E-state index contributed by atoms with van der Waals surface area (Å²) in [7, 11) is 0.